The van der Waals surface area contributed by atoms with Crippen molar-refractivity contribution < 1.29 is 19.4 Å². The van der Waals surface area contributed by atoms with E-state index in [-0.39, 0.29) is 17.7 Å². The van der Waals surface area contributed by atoms with Crippen LogP contribution in [0.2, 0.25) is 0 Å². The molecule has 1 atom stereocenters. The van der Waals surface area contributed by atoms with Crippen molar-refractivity contribution in [1.29, 1.82) is 0 Å². The molecule has 2 rings (SSSR count). The average molecular weight is 206 g/mol. The second kappa shape index (κ2) is 3.73. The van der Waals surface area contributed by atoms with E-state index in [0.717, 1.165) is 11.8 Å². The fourth-order valence-corrected chi connectivity index (χ4v) is 1.73. The van der Waals surface area contributed by atoms with Crippen molar-refractivity contribution >= 4 is 12.3 Å². The summed E-state index contributed by atoms with van der Waals surface area (Å²) in [5.74, 6) is -0.622. The molecule has 0 amide bonds. The fourth-order valence-electron chi connectivity index (χ4n) is 1.73. The second-order valence-electron chi connectivity index (χ2n) is 3.45. The van der Waals surface area contributed by atoms with E-state index in [2.05, 4.69) is 0 Å². The van der Waals surface area contributed by atoms with Gasteiger partial charge in [0.15, 0.2) is 0 Å². The van der Waals surface area contributed by atoms with Crippen LogP contribution in [0.1, 0.15) is 22.3 Å². The van der Waals surface area contributed by atoms with Gasteiger partial charge in [0.1, 0.15) is 23.7 Å². The Morgan fingerprint density at radius 1 is 1.53 bits per heavy atom. The van der Waals surface area contributed by atoms with Crippen LogP contribution in [0.25, 0.3) is 0 Å². The molecule has 0 spiro atoms. The first kappa shape index (κ1) is 9.71. The fraction of sp³-hybridized carbons (Fsp3) is 0.273. The van der Waals surface area contributed by atoms with E-state index >= 15 is 0 Å². The third-order valence-electron chi connectivity index (χ3n) is 2.41. The maximum atomic E-state index is 11.5. The van der Waals surface area contributed by atoms with Gasteiger partial charge in [-0.2, -0.15) is 0 Å². The van der Waals surface area contributed by atoms with E-state index in [0.29, 0.717) is 6.42 Å². The van der Waals surface area contributed by atoms with Crippen LogP contribution in [0.4, 0.5) is 0 Å². The lowest BCUT2D eigenvalue weighted by Gasteiger charge is -2.23. The number of aromatic hydroxyl groups is 1. The maximum Gasteiger partial charge on any atom is 0.342 e. The largest absolute Gasteiger partial charge is 0.507 e. The van der Waals surface area contributed by atoms with Gasteiger partial charge in [-0.15, -0.1) is 0 Å². The number of fused-ring (bicyclic) bond motifs is 1. The Balaban J connectivity index is 2.36. The molecule has 4 heteroatoms. The third-order valence-corrected chi connectivity index (χ3v) is 2.41. The predicted molar refractivity (Wildman–Crippen MR) is 51.7 cm³/mol. The number of hydrogen-bond acceptors (Lipinski definition) is 4. The molecule has 1 aliphatic heterocycles. The van der Waals surface area contributed by atoms with E-state index in [1.54, 1.807) is 12.1 Å². The van der Waals surface area contributed by atoms with Gasteiger partial charge in [-0.25, -0.2) is 4.79 Å². The van der Waals surface area contributed by atoms with Crippen molar-refractivity contribution in [3.05, 3.63) is 29.3 Å². The van der Waals surface area contributed by atoms with Gasteiger partial charge < -0.3 is 14.6 Å². The monoisotopic (exact) mass is 206 g/mol. The summed E-state index contributed by atoms with van der Waals surface area (Å²) in [5.41, 5.74) is 0.956. The van der Waals surface area contributed by atoms with Gasteiger partial charge in [0.2, 0.25) is 0 Å². The molecule has 0 fully saturated rings. The minimum atomic E-state index is -0.554. The van der Waals surface area contributed by atoms with E-state index < -0.39 is 12.1 Å². The van der Waals surface area contributed by atoms with E-state index in [1.165, 1.54) is 6.07 Å². The maximum absolute atomic E-state index is 11.5. The van der Waals surface area contributed by atoms with Gasteiger partial charge in [-0.3, -0.25) is 0 Å². The molecule has 0 radical (unpaired) electrons. The number of rotatable bonds is 2. The van der Waals surface area contributed by atoms with Crippen LogP contribution in [0.5, 0.6) is 5.75 Å². The number of hydrogen-bond donors (Lipinski definition) is 1. The number of phenols is 1. The lowest BCUT2D eigenvalue weighted by atomic mass is 9.97. The summed E-state index contributed by atoms with van der Waals surface area (Å²) in [6.45, 7) is 0. The Morgan fingerprint density at radius 2 is 2.33 bits per heavy atom. The molecule has 4 nitrogen and oxygen atoms in total. The summed E-state index contributed by atoms with van der Waals surface area (Å²) >= 11 is 0. The molecule has 0 bridgehead atoms. The number of carbonyl (C=O) groups is 2. The molecule has 1 aromatic carbocycles. The van der Waals surface area contributed by atoms with Crippen LogP contribution < -0.4 is 0 Å². The van der Waals surface area contributed by atoms with Gasteiger partial charge in [0.25, 0.3) is 0 Å². The number of aldehydes is 1. The zero-order valence-corrected chi connectivity index (χ0v) is 7.97. The zero-order chi connectivity index (χ0) is 10.8. The Morgan fingerprint density at radius 3 is 3.07 bits per heavy atom. The van der Waals surface area contributed by atoms with Gasteiger partial charge >= 0.3 is 5.97 Å². The average Bonchev–Trinajstić information content (AvgIpc) is 2.17. The van der Waals surface area contributed by atoms with Crippen molar-refractivity contribution in [2.24, 2.45) is 0 Å². The summed E-state index contributed by atoms with van der Waals surface area (Å²) in [6, 6.07) is 4.87. The summed E-state index contributed by atoms with van der Waals surface area (Å²) in [5, 5.41) is 9.47. The van der Waals surface area contributed by atoms with Crippen LogP contribution in [0.3, 0.4) is 0 Å². The summed E-state index contributed by atoms with van der Waals surface area (Å²) in [7, 11) is 0. The predicted octanol–water partition coefficient (Wildman–Crippen LogP) is 1.06. The van der Waals surface area contributed by atoms with Crippen molar-refractivity contribution in [3.63, 3.8) is 0 Å². The standard InChI is InChI=1S/C11H10O4/c12-5-4-8-6-7-2-1-3-9(13)10(7)11(14)15-8/h1-3,5,8,13H,4,6H2/t8-/m1/s1. The molecule has 0 unspecified atom stereocenters. The van der Waals surface area contributed by atoms with Crippen molar-refractivity contribution in [3.8, 4) is 5.75 Å². The molecule has 0 saturated carbocycles. The summed E-state index contributed by atoms with van der Waals surface area (Å²) in [6.07, 6.45) is 1.00. The zero-order valence-electron chi connectivity index (χ0n) is 7.97. The van der Waals surface area contributed by atoms with Gasteiger partial charge in [-0.1, -0.05) is 12.1 Å². The Kier molecular flexibility index (Phi) is 2.41. The van der Waals surface area contributed by atoms with Crippen LogP contribution >= 0.6 is 0 Å². The molecule has 15 heavy (non-hydrogen) atoms. The van der Waals surface area contributed by atoms with E-state index in [4.69, 9.17) is 4.74 Å². The van der Waals surface area contributed by atoms with Crippen molar-refractivity contribution in [2.45, 2.75) is 18.9 Å². The normalized spacial score (nSPS) is 19.2. The van der Waals surface area contributed by atoms with Gasteiger partial charge in [-0.05, 0) is 11.6 Å². The molecular weight excluding hydrogens is 196 g/mol. The van der Waals surface area contributed by atoms with Crippen LogP contribution in [-0.4, -0.2) is 23.5 Å². The summed E-state index contributed by atoms with van der Waals surface area (Å²) in [4.78, 5) is 21.8. The Bertz CT molecular complexity index is 411. The first-order chi connectivity index (χ1) is 7.22. The van der Waals surface area contributed by atoms with Crippen molar-refractivity contribution in [1.82, 2.24) is 0 Å². The third kappa shape index (κ3) is 1.70. The first-order valence-electron chi connectivity index (χ1n) is 4.68. The molecular formula is C11H10O4. The van der Waals surface area contributed by atoms with Crippen LogP contribution in [0.15, 0.2) is 18.2 Å². The van der Waals surface area contributed by atoms with Gasteiger partial charge in [0, 0.05) is 12.8 Å². The number of cyclic esters (lactones) is 1. The number of carbonyl (C=O) groups excluding carboxylic acids is 2. The lowest BCUT2D eigenvalue weighted by Crippen LogP contribution is -2.27. The number of ether oxygens (including phenoxy) is 1. The van der Waals surface area contributed by atoms with Gasteiger partial charge in [0.05, 0.1) is 0 Å². The molecule has 1 aromatic rings. The molecule has 0 saturated heterocycles. The van der Waals surface area contributed by atoms with Crippen LogP contribution in [0, 0.1) is 0 Å². The van der Waals surface area contributed by atoms with E-state index in [9.17, 15) is 14.7 Å². The Hall–Kier alpha value is -1.84. The van der Waals surface area contributed by atoms with E-state index in [1.807, 2.05) is 0 Å². The minimum absolute atomic E-state index is 0.0675. The summed E-state index contributed by atoms with van der Waals surface area (Å²) < 4.78 is 5.00. The SMILES string of the molecule is O=CC[C@@H]1Cc2cccc(O)c2C(=O)O1. The topological polar surface area (TPSA) is 63.6 Å². The molecule has 0 aliphatic carbocycles. The second-order valence-corrected chi connectivity index (χ2v) is 3.45. The molecule has 1 heterocycles. The smallest absolute Gasteiger partial charge is 0.342 e. The highest BCUT2D eigenvalue weighted by atomic mass is 16.5. The molecule has 0 aromatic heterocycles. The molecule has 78 valence electrons. The highest BCUT2D eigenvalue weighted by molar-refractivity contribution is 5.95. The molecule has 1 aliphatic rings. The molecule has 1 N–H and O–H groups in total. The highest BCUT2D eigenvalue weighted by Crippen LogP contribution is 2.28. The lowest BCUT2D eigenvalue weighted by molar-refractivity contribution is -0.109. The highest BCUT2D eigenvalue weighted by Gasteiger charge is 2.28. The quantitative estimate of drug-likeness (QED) is 0.580. The van der Waals surface area contributed by atoms with Crippen LogP contribution in [-0.2, 0) is 16.0 Å². The Labute approximate surface area is 86.5 Å². The minimum Gasteiger partial charge on any atom is -0.507 e. The number of esters is 1. The number of phenolic OH excluding ortho intramolecular Hbond substituents is 1. The van der Waals surface area contributed by atoms with Crippen molar-refractivity contribution in [2.75, 3.05) is 0 Å². The number of benzene rings is 1. The first-order valence-corrected chi connectivity index (χ1v) is 4.68.